The fourth-order valence-electron chi connectivity index (χ4n) is 1.99. The van der Waals surface area contributed by atoms with Gasteiger partial charge in [0.1, 0.15) is 5.75 Å². The minimum Gasteiger partial charge on any atom is -0.496 e. The predicted molar refractivity (Wildman–Crippen MR) is 79.1 cm³/mol. The second-order valence-corrected chi connectivity index (χ2v) is 4.69. The number of ether oxygens (including phenoxy) is 1. The number of nitro benzene ring substituents is 1. The number of hydrogen-bond donors (Lipinski definition) is 1. The van der Waals surface area contributed by atoms with Crippen molar-refractivity contribution >= 4 is 5.69 Å². The molecular formula is C15H17N3O3. The van der Waals surface area contributed by atoms with E-state index in [9.17, 15) is 10.1 Å². The maximum absolute atomic E-state index is 10.9. The van der Waals surface area contributed by atoms with E-state index in [0.29, 0.717) is 12.3 Å². The van der Waals surface area contributed by atoms with Crippen LogP contribution in [-0.4, -0.2) is 17.0 Å². The first-order chi connectivity index (χ1) is 10.1. The summed E-state index contributed by atoms with van der Waals surface area (Å²) in [5, 5.41) is 14.2. The molecule has 1 aromatic heterocycles. The lowest BCUT2D eigenvalue weighted by Gasteiger charge is -2.14. The largest absolute Gasteiger partial charge is 0.496 e. The van der Waals surface area contributed by atoms with Crippen molar-refractivity contribution in [3.8, 4) is 5.75 Å². The van der Waals surface area contributed by atoms with Crippen molar-refractivity contribution in [2.75, 3.05) is 7.11 Å². The van der Waals surface area contributed by atoms with E-state index in [0.717, 1.165) is 11.1 Å². The van der Waals surface area contributed by atoms with E-state index in [2.05, 4.69) is 10.3 Å². The Balaban J connectivity index is 2.09. The summed E-state index contributed by atoms with van der Waals surface area (Å²) < 4.78 is 5.09. The van der Waals surface area contributed by atoms with Crippen LogP contribution < -0.4 is 10.1 Å². The quantitative estimate of drug-likeness (QED) is 0.653. The zero-order chi connectivity index (χ0) is 15.2. The summed E-state index contributed by atoms with van der Waals surface area (Å²) in [4.78, 5) is 14.6. The number of nitrogens with zero attached hydrogens (tertiary/aromatic N) is 2. The number of benzene rings is 1. The molecule has 0 aliphatic carbocycles. The van der Waals surface area contributed by atoms with E-state index in [1.807, 2.05) is 19.1 Å². The normalized spacial score (nSPS) is 11.9. The van der Waals surface area contributed by atoms with Crippen LogP contribution in [0.1, 0.15) is 24.1 Å². The standard InChI is InChI=1S/C15H17N3O3/c1-11(13-4-3-5-16-10-13)17-9-12-6-14(18(19)20)8-15(7-12)21-2/h3-8,10-11,17H,9H2,1-2H3/t11-/m1/s1. The van der Waals surface area contributed by atoms with E-state index in [1.54, 1.807) is 24.5 Å². The number of non-ortho nitro benzene ring substituents is 1. The van der Waals surface area contributed by atoms with E-state index < -0.39 is 4.92 Å². The van der Waals surface area contributed by atoms with Crippen LogP contribution in [0.3, 0.4) is 0 Å². The summed E-state index contributed by atoms with van der Waals surface area (Å²) in [6.07, 6.45) is 3.52. The van der Waals surface area contributed by atoms with Gasteiger partial charge < -0.3 is 10.1 Å². The number of methoxy groups -OCH3 is 1. The molecule has 0 saturated heterocycles. The first-order valence-electron chi connectivity index (χ1n) is 6.56. The maximum Gasteiger partial charge on any atom is 0.273 e. The summed E-state index contributed by atoms with van der Waals surface area (Å²) in [7, 11) is 1.49. The number of rotatable bonds is 6. The van der Waals surface area contributed by atoms with Crippen molar-refractivity contribution in [2.24, 2.45) is 0 Å². The summed E-state index contributed by atoms with van der Waals surface area (Å²) in [5.41, 5.74) is 1.90. The highest BCUT2D eigenvalue weighted by atomic mass is 16.6. The third-order valence-electron chi connectivity index (χ3n) is 3.19. The Morgan fingerprint density at radius 2 is 2.24 bits per heavy atom. The molecule has 0 radical (unpaired) electrons. The predicted octanol–water partition coefficient (Wildman–Crippen LogP) is 2.85. The minimum atomic E-state index is -0.420. The zero-order valence-corrected chi connectivity index (χ0v) is 11.9. The Kier molecular flexibility index (Phi) is 4.84. The highest BCUT2D eigenvalue weighted by Crippen LogP contribution is 2.23. The number of aromatic nitrogens is 1. The van der Waals surface area contributed by atoms with Gasteiger partial charge in [-0.15, -0.1) is 0 Å². The summed E-state index contributed by atoms with van der Waals surface area (Å²) in [6, 6.07) is 8.71. The molecule has 0 spiro atoms. The van der Waals surface area contributed by atoms with Gasteiger partial charge in [-0.3, -0.25) is 15.1 Å². The average molecular weight is 287 g/mol. The van der Waals surface area contributed by atoms with Crippen molar-refractivity contribution in [3.63, 3.8) is 0 Å². The van der Waals surface area contributed by atoms with Gasteiger partial charge in [0.25, 0.3) is 5.69 Å². The fraction of sp³-hybridized carbons (Fsp3) is 0.267. The first-order valence-corrected chi connectivity index (χ1v) is 6.56. The van der Waals surface area contributed by atoms with Gasteiger partial charge in [-0.1, -0.05) is 6.07 Å². The van der Waals surface area contributed by atoms with Crippen LogP contribution in [0.15, 0.2) is 42.7 Å². The van der Waals surface area contributed by atoms with Gasteiger partial charge in [-0.05, 0) is 30.2 Å². The summed E-state index contributed by atoms with van der Waals surface area (Å²) in [5.74, 6) is 0.482. The third-order valence-corrected chi connectivity index (χ3v) is 3.19. The van der Waals surface area contributed by atoms with Crippen LogP contribution in [0.4, 0.5) is 5.69 Å². The molecule has 1 N–H and O–H groups in total. The smallest absolute Gasteiger partial charge is 0.273 e. The van der Waals surface area contributed by atoms with E-state index >= 15 is 0 Å². The molecule has 6 nitrogen and oxygen atoms in total. The second kappa shape index (κ2) is 6.81. The van der Waals surface area contributed by atoms with Gasteiger partial charge >= 0.3 is 0 Å². The number of hydrogen-bond acceptors (Lipinski definition) is 5. The Hall–Kier alpha value is -2.47. The molecule has 21 heavy (non-hydrogen) atoms. The van der Waals surface area contributed by atoms with Crippen LogP contribution in [0, 0.1) is 10.1 Å². The fourth-order valence-corrected chi connectivity index (χ4v) is 1.99. The van der Waals surface area contributed by atoms with E-state index in [4.69, 9.17) is 4.74 Å². The van der Waals surface area contributed by atoms with E-state index in [-0.39, 0.29) is 11.7 Å². The lowest BCUT2D eigenvalue weighted by molar-refractivity contribution is -0.385. The molecule has 0 amide bonds. The molecule has 1 aromatic carbocycles. The van der Waals surface area contributed by atoms with Crippen molar-refractivity contribution in [3.05, 3.63) is 64.0 Å². The van der Waals surface area contributed by atoms with Crippen molar-refractivity contribution in [2.45, 2.75) is 19.5 Å². The molecule has 0 saturated carbocycles. The Labute approximate surface area is 122 Å². The van der Waals surface area contributed by atoms with Crippen molar-refractivity contribution in [1.29, 1.82) is 0 Å². The number of pyridine rings is 1. The molecule has 0 aliphatic heterocycles. The van der Waals surface area contributed by atoms with E-state index in [1.165, 1.54) is 13.2 Å². The molecule has 0 fully saturated rings. The molecule has 0 unspecified atom stereocenters. The Morgan fingerprint density at radius 3 is 2.86 bits per heavy atom. The van der Waals surface area contributed by atoms with Crippen LogP contribution in [-0.2, 0) is 6.54 Å². The monoisotopic (exact) mass is 287 g/mol. The lowest BCUT2D eigenvalue weighted by Crippen LogP contribution is -2.18. The van der Waals surface area contributed by atoms with Crippen LogP contribution in [0.25, 0.3) is 0 Å². The van der Waals surface area contributed by atoms with Gasteiger partial charge in [0.15, 0.2) is 0 Å². The Bertz CT molecular complexity index is 617. The summed E-state index contributed by atoms with van der Waals surface area (Å²) in [6.45, 7) is 2.53. The third kappa shape index (κ3) is 4.00. The first kappa shape index (κ1) is 14.9. The zero-order valence-electron chi connectivity index (χ0n) is 11.9. The topological polar surface area (TPSA) is 77.3 Å². The van der Waals surface area contributed by atoms with Crippen molar-refractivity contribution in [1.82, 2.24) is 10.3 Å². The van der Waals surface area contributed by atoms with Gasteiger partial charge in [0, 0.05) is 31.0 Å². The van der Waals surface area contributed by atoms with Gasteiger partial charge in [0.05, 0.1) is 18.1 Å². The average Bonchev–Trinajstić information content (AvgIpc) is 2.53. The van der Waals surface area contributed by atoms with Gasteiger partial charge in [-0.25, -0.2) is 0 Å². The molecule has 110 valence electrons. The van der Waals surface area contributed by atoms with Crippen LogP contribution >= 0.6 is 0 Å². The Morgan fingerprint density at radius 1 is 1.43 bits per heavy atom. The minimum absolute atomic E-state index is 0.0279. The molecule has 0 bridgehead atoms. The molecular weight excluding hydrogens is 270 g/mol. The molecule has 0 aliphatic rings. The molecule has 1 atom stereocenters. The van der Waals surface area contributed by atoms with Crippen LogP contribution in [0.5, 0.6) is 5.75 Å². The molecule has 6 heteroatoms. The van der Waals surface area contributed by atoms with Gasteiger partial charge in [0.2, 0.25) is 0 Å². The lowest BCUT2D eigenvalue weighted by atomic mass is 10.1. The van der Waals surface area contributed by atoms with Gasteiger partial charge in [-0.2, -0.15) is 0 Å². The highest BCUT2D eigenvalue weighted by molar-refractivity contribution is 5.42. The van der Waals surface area contributed by atoms with Crippen molar-refractivity contribution < 1.29 is 9.66 Å². The van der Waals surface area contributed by atoms with Crippen LogP contribution in [0.2, 0.25) is 0 Å². The summed E-state index contributed by atoms with van der Waals surface area (Å²) >= 11 is 0. The maximum atomic E-state index is 10.9. The molecule has 2 rings (SSSR count). The highest BCUT2D eigenvalue weighted by Gasteiger charge is 2.11. The molecule has 2 aromatic rings. The number of nitro groups is 1. The SMILES string of the molecule is COc1cc(CN[C@H](C)c2cccnc2)cc([N+](=O)[O-])c1. The second-order valence-electron chi connectivity index (χ2n) is 4.69. The molecule has 1 heterocycles. The number of nitrogens with one attached hydrogen (secondary N) is 1.